The van der Waals surface area contributed by atoms with E-state index >= 15 is 0 Å². The number of carbonyl (C=O) groups is 3. The number of ether oxygens (including phenoxy) is 2. The molecule has 1 aromatic heterocycles. The van der Waals surface area contributed by atoms with Crippen molar-refractivity contribution in [1.29, 1.82) is 0 Å². The van der Waals surface area contributed by atoms with E-state index in [1.54, 1.807) is 0 Å². The number of nitrogens with zero attached hydrogens (tertiary/aromatic N) is 2. The van der Waals surface area contributed by atoms with E-state index in [1.807, 2.05) is 0 Å². The van der Waals surface area contributed by atoms with Gasteiger partial charge in [-0.05, 0) is 6.07 Å². The molecule has 0 aliphatic heterocycles. The SMILES string of the molecule is COC(=O)CN(CC(=O)OC)C(=O)c1cc(Cl)ncc1N. The summed E-state index contributed by atoms with van der Waals surface area (Å²) in [6, 6.07) is 1.25. The van der Waals surface area contributed by atoms with Crippen molar-refractivity contribution in [2.24, 2.45) is 0 Å². The van der Waals surface area contributed by atoms with E-state index in [0.717, 1.165) is 4.90 Å². The number of aromatic nitrogens is 1. The highest BCUT2D eigenvalue weighted by Crippen LogP contribution is 2.17. The lowest BCUT2D eigenvalue weighted by Gasteiger charge is -2.20. The summed E-state index contributed by atoms with van der Waals surface area (Å²) in [6.07, 6.45) is 1.21. The zero-order valence-electron chi connectivity index (χ0n) is 11.5. The van der Waals surface area contributed by atoms with Crippen molar-refractivity contribution in [1.82, 2.24) is 9.88 Å². The van der Waals surface area contributed by atoms with Crippen LogP contribution in [-0.4, -0.2) is 55.0 Å². The molecule has 114 valence electrons. The molecule has 0 aliphatic carbocycles. The van der Waals surface area contributed by atoms with Crippen LogP contribution >= 0.6 is 11.6 Å². The van der Waals surface area contributed by atoms with E-state index < -0.39 is 30.9 Å². The number of methoxy groups -OCH3 is 2. The average molecular weight is 316 g/mol. The fourth-order valence-electron chi connectivity index (χ4n) is 1.44. The summed E-state index contributed by atoms with van der Waals surface area (Å²) in [6.45, 7) is -0.854. The molecule has 0 aliphatic rings. The summed E-state index contributed by atoms with van der Waals surface area (Å²) >= 11 is 5.71. The third-order valence-electron chi connectivity index (χ3n) is 2.51. The molecule has 1 aromatic rings. The minimum Gasteiger partial charge on any atom is -0.468 e. The fraction of sp³-hybridized carbons (Fsp3) is 0.333. The second-order valence-corrected chi connectivity index (χ2v) is 4.30. The highest BCUT2D eigenvalue weighted by atomic mass is 35.5. The lowest BCUT2D eigenvalue weighted by Crippen LogP contribution is -2.40. The first-order valence-corrected chi connectivity index (χ1v) is 6.10. The number of pyridine rings is 1. The van der Waals surface area contributed by atoms with E-state index in [1.165, 1.54) is 26.5 Å². The highest BCUT2D eigenvalue weighted by Gasteiger charge is 2.24. The van der Waals surface area contributed by atoms with Gasteiger partial charge in [-0.15, -0.1) is 0 Å². The molecular weight excluding hydrogens is 302 g/mol. The molecule has 0 bridgehead atoms. The molecule has 2 N–H and O–H groups in total. The molecule has 0 fully saturated rings. The van der Waals surface area contributed by atoms with Crippen LogP contribution in [0, 0.1) is 0 Å². The Hall–Kier alpha value is -2.35. The van der Waals surface area contributed by atoms with Crippen molar-refractivity contribution in [3.63, 3.8) is 0 Å². The molecule has 0 unspecified atom stereocenters. The minimum atomic E-state index is -0.689. The van der Waals surface area contributed by atoms with Gasteiger partial charge >= 0.3 is 11.9 Å². The van der Waals surface area contributed by atoms with Crippen LogP contribution in [0.4, 0.5) is 5.69 Å². The van der Waals surface area contributed by atoms with Crippen LogP contribution in [0.5, 0.6) is 0 Å². The number of nitrogen functional groups attached to an aromatic ring is 1. The first-order valence-electron chi connectivity index (χ1n) is 5.73. The summed E-state index contributed by atoms with van der Waals surface area (Å²) in [7, 11) is 2.33. The molecule has 1 rings (SSSR count). The Morgan fingerprint density at radius 1 is 1.24 bits per heavy atom. The van der Waals surface area contributed by atoms with Crippen molar-refractivity contribution >= 4 is 35.1 Å². The largest absolute Gasteiger partial charge is 0.468 e. The van der Waals surface area contributed by atoms with Gasteiger partial charge in [-0.1, -0.05) is 11.6 Å². The monoisotopic (exact) mass is 315 g/mol. The van der Waals surface area contributed by atoms with Crippen molar-refractivity contribution in [2.45, 2.75) is 0 Å². The first kappa shape index (κ1) is 16.7. The van der Waals surface area contributed by atoms with Gasteiger partial charge in [-0.3, -0.25) is 14.4 Å². The number of carbonyl (C=O) groups excluding carboxylic acids is 3. The standard InChI is InChI=1S/C12H14ClN3O5/c1-20-10(17)5-16(6-11(18)21-2)12(19)7-3-9(13)15-4-8(7)14/h3-4H,5-6,14H2,1-2H3. The zero-order chi connectivity index (χ0) is 16.0. The van der Waals surface area contributed by atoms with Crippen molar-refractivity contribution in [3.05, 3.63) is 23.0 Å². The fourth-order valence-corrected chi connectivity index (χ4v) is 1.59. The summed E-state index contributed by atoms with van der Waals surface area (Å²) in [4.78, 5) is 39.7. The molecule has 1 amide bonds. The summed E-state index contributed by atoms with van der Waals surface area (Å²) < 4.78 is 8.96. The van der Waals surface area contributed by atoms with Crippen LogP contribution in [0.1, 0.15) is 10.4 Å². The molecule has 0 spiro atoms. The lowest BCUT2D eigenvalue weighted by molar-refractivity contribution is -0.144. The number of rotatable bonds is 5. The van der Waals surface area contributed by atoms with Crippen molar-refractivity contribution in [2.75, 3.05) is 33.0 Å². The third-order valence-corrected chi connectivity index (χ3v) is 2.72. The molecule has 9 heteroatoms. The molecule has 0 saturated heterocycles. The van der Waals surface area contributed by atoms with Crippen molar-refractivity contribution in [3.8, 4) is 0 Å². The van der Waals surface area contributed by atoms with Crippen LogP contribution in [0.25, 0.3) is 0 Å². The first-order chi connectivity index (χ1) is 9.88. The molecule has 0 aromatic carbocycles. The van der Waals surface area contributed by atoms with E-state index in [2.05, 4.69) is 14.5 Å². The maximum absolute atomic E-state index is 12.4. The number of hydrogen-bond donors (Lipinski definition) is 1. The zero-order valence-corrected chi connectivity index (χ0v) is 12.2. The van der Waals surface area contributed by atoms with E-state index in [4.69, 9.17) is 17.3 Å². The summed E-state index contributed by atoms with van der Waals surface area (Å²) in [5, 5.41) is 0.0589. The van der Waals surface area contributed by atoms with Gasteiger partial charge < -0.3 is 20.1 Å². The Labute approximate surface area is 125 Å². The van der Waals surface area contributed by atoms with Crippen LogP contribution in [0.15, 0.2) is 12.3 Å². The van der Waals surface area contributed by atoms with Crippen molar-refractivity contribution < 1.29 is 23.9 Å². The smallest absolute Gasteiger partial charge is 0.325 e. The van der Waals surface area contributed by atoms with E-state index in [0.29, 0.717) is 0 Å². The Morgan fingerprint density at radius 2 is 1.76 bits per heavy atom. The molecule has 0 saturated carbocycles. The number of halogens is 1. The van der Waals surface area contributed by atoms with Gasteiger partial charge in [0, 0.05) is 0 Å². The van der Waals surface area contributed by atoms with Crippen LogP contribution in [0.2, 0.25) is 5.15 Å². The minimum absolute atomic E-state index is 0.0304. The van der Waals surface area contributed by atoms with Crippen LogP contribution < -0.4 is 5.73 Å². The van der Waals surface area contributed by atoms with Gasteiger partial charge in [0.25, 0.3) is 5.91 Å². The number of anilines is 1. The van der Waals surface area contributed by atoms with Gasteiger partial charge in [0.2, 0.25) is 0 Å². The summed E-state index contributed by atoms with van der Waals surface area (Å²) in [5.41, 5.74) is 5.76. The van der Waals surface area contributed by atoms with Gasteiger partial charge in [0.05, 0.1) is 31.7 Å². The van der Waals surface area contributed by atoms with E-state index in [-0.39, 0.29) is 16.4 Å². The Morgan fingerprint density at radius 3 is 2.24 bits per heavy atom. The number of amides is 1. The molecule has 1 heterocycles. The predicted molar refractivity (Wildman–Crippen MR) is 73.6 cm³/mol. The van der Waals surface area contributed by atoms with Crippen LogP contribution in [0.3, 0.4) is 0 Å². The topological polar surface area (TPSA) is 112 Å². The predicted octanol–water partition coefficient (Wildman–Crippen LogP) is 0.105. The second kappa shape index (κ2) is 7.44. The third kappa shape index (κ3) is 4.60. The highest BCUT2D eigenvalue weighted by molar-refractivity contribution is 6.29. The normalized spacial score (nSPS) is 9.86. The van der Waals surface area contributed by atoms with Gasteiger partial charge in [0.1, 0.15) is 18.2 Å². The maximum Gasteiger partial charge on any atom is 0.325 e. The summed E-state index contributed by atoms with van der Waals surface area (Å²) in [5.74, 6) is -2.04. The molecular formula is C12H14ClN3O5. The molecule has 0 atom stereocenters. The number of esters is 2. The number of hydrogen-bond acceptors (Lipinski definition) is 7. The molecule has 8 nitrogen and oxygen atoms in total. The average Bonchev–Trinajstić information content (AvgIpc) is 2.47. The van der Waals surface area contributed by atoms with E-state index in [9.17, 15) is 14.4 Å². The molecule has 21 heavy (non-hydrogen) atoms. The lowest BCUT2D eigenvalue weighted by atomic mass is 10.2. The van der Waals surface area contributed by atoms with Gasteiger partial charge in [0.15, 0.2) is 0 Å². The molecule has 0 radical (unpaired) electrons. The second-order valence-electron chi connectivity index (χ2n) is 3.91. The Balaban J connectivity index is 3.05. The van der Waals surface area contributed by atoms with Gasteiger partial charge in [-0.25, -0.2) is 4.98 Å². The quantitative estimate of drug-likeness (QED) is 0.606. The van der Waals surface area contributed by atoms with Crippen LogP contribution in [-0.2, 0) is 19.1 Å². The Bertz CT molecular complexity index is 546. The number of nitrogens with two attached hydrogens (primary N) is 1. The Kier molecular flexibility index (Phi) is 5.92. The maximum atomic E-state index is 12.4. The van der Waals surface area contributed by atoms with Gasteiger partial charge in [-0.2, -0.15) is 0 Å².